The van der Waals surface area contributed by atoms with E-state index in [1.165, 1.54) is 49.0 Å². The van der Waals surface area contributed by atoms with E-state index in [1.807, 2.05) is 18.2 Å². The molecule has 6 rings (SSSR count). The van der Waals surface area contributed by atoms with Gasteiger partial charge in [-0.2, -0.15) is 15.4 Å². The summed E-state index contributed by atoms with van der Waals surface area (Å²) in [4.78, 5) is 5.25. The zero-order valence-corrected chi connectivity index (χ0v) is 21.5. The Morgan fingerprint density at radius 3 is 2.27 bits per heavy atom. The third kappa shape index (κ3) is 4.41. The smallest absolute Gasteiger partial charge is 0.205 e. The highest BCUT2D eigenvalue weighted by molar-refractivity contribution is 5.81. The maximum atomic E-state index is 5.25. The second-order valence-corrected chi connectivity index (χ2v) is 9.87. The molecule has 1 aliphatic rings. The van der Waals surface area contributed by atoms with Crippen LogP contribution >= 0.6 is 0 Å². The molecule has 3 aromatic heterocycles. The molecule has 5 aromatic rings. The van der Waals surface area contributed by atoms with Crippen molar-refractivity contribution in [2.45, 2.75) is 71.3 Å². The number of hydrogen-bond acceptors (Lipinski definition) is 6. The minimum absolute atomic E-state index is 0.497. The fraction of sp³-hybridized carbons (Fsp3) is 0.379. The van der Waals surface area contributed by atoms with Crippen molar-refractivity contribution < 1.29 is 0 Å². The van der Waals surface area contributed by atoms with Gasteiger partial charge in [0.15, 0.2) is 0 Å². The molecule has 1 aliphatic carbocycles. The highest BCUT2D eigenvalue weighted by Gasteiger charge is 2.25. The van der Waals surface area contributed by atoms with Crippen LogP contribution in [0.4, 0.5) is 0 Å². The van der Waals surface area contributed by atoms with E-state index in [4.69, 9.17) is 4.98 Å². The van der Waals surface area contributed by atoms with E-state index in [0.717, 1.165) is 53.0 Å². The van der Waals surface area contributed by atoms with Gasteiger partial charge in [-0.05, 0) is 47.6 Å². The summed E-state index contributed by atoms with van der Waals surface area (Å²) in [5, 5.41) is 23.8. The second-order valence-electron chi connectivity index (χ2n) is 9.87. The lowest BCUT2D eigenvalue weighted by atomic mass is 9.88. The highest BCUT2D eigenvalue weighted by atomic mass is 15.5. The third-order valence-electron chi connectivity index (χ3n) is 7.59. The van der Waals surface area contributed by atoms with Gasteiger partial charge in [-0.3, -0.25) is 0 Å². The Balaban J connectivity index is 1.40. The molecule has 37 heavy (non-hydrogen) atoms. The first-order valence-electron chi connectivity index (χ1n) is 13.4. The average Bonchev–Trinajstić information content (AvgIpc) is 3.63. The predicted octanol–water partition coefficient (Wildman–Crippen LogP) is 5.89. The summed E-state index contributed by atoms with van der Waals surface area (Å²) >= 11 is 0. The molecule has 0 aliphatic heterocycles. The van der Waals surface area contributed by atoms with Gasteiger partial charge in [0.05, 0.1) is 16.9 Å². The zero-order chi connectivity index (χ0) is 25.2. The minimum atomic E-state index is 0.497. The van der Waals surface area contributed by atoms with Gasteiger partial charge < -0.3 is 4.57 Å². The largest absolute Gasteiger partial charge is 0.322 e. The van der Waals surface area contributed by atoms with Gasteiger partial charge in [-0.25, -0.2) is 4.98 Å². The first-order valence-corrected chi connectivity index (χ1v) is 13.4. The van der Waals surface area contributed by atoms with Crippen LogP contribution in [0.25, 0.3) is 33.5 Å². The second kappa shape index (κ2) is 10.2. The normalized spacial score (nSPS) is 14.4. The van der Waals surface area contributed by atoms with Crippen molar-refractivity contribution in [3.63, 3.8) is 0 Å². The number of nitrogens with zero attached hydrogens (tertiary/aromatic N) is 7. The summed E-state index contributed by atoms with van der Waals surface area (Å²) in [6.45, 7) is 5.07. The van der Waals surface area contributed by atoms with Crippen molar-refractivity contribution in [3.8, 4) is 22.5 Å². The standard InChI is InChI=1S/C29H32N8/c1-3-24-26-27(25(4-2)32-31-24)37(29(30-26)21-10-6-5-7-11-21)18-19-14-16-20(17-15-19)22-12-8-9-13-23(22)28-33-35-36-34-28/h8-9,12-17,21H,3-7,10-11,18H2,1-2H3,(H,33,34,35,36). The Kier molecular flexibility index (Phi) is 6.47. The number of tetrazole rings is 1. The number of benzene rings is 2. The van der Waals surface area contributed by atoms with Gasteiger partial charge in [0.1, 0.15) is 11.3 Å². The molecule has 0 amide bonds. The van der Waals surface area contributed by atoms with Gasteiger partial charge in [0, 0.05) is 18.0 Å². The van der Waals surface area contributed by atoms with Crippen molar-refractivity contribution >= 4 is 11.0 Å². The van der Waals surface area contributed by atoms with Crippen LogP contribution in [0, 0.1) is 0 Å². The molecule has 0 atom stereocenters. The van der Waals surface area contributed by atoms with Crippen LogP contribution in [0.3, 0.4) is 0 Å². The maximum absolute atomic E-state index is 5.25. The number of aromatic nitrogens is 8. The van der Waals surface area contributed by atoms with E-state index in [-0.39, 0.29) is 0 Å². The fourth-order valence-corrected chi connectivity index (χ4v) is 5.67. The van der Waals surface area contributed by atoms with Crippen LogP contribution < -0.4 is 0 Å². The molecule has 8 heteroatoms. The van der Waals surface area contributed by atoms with Crippen molar-refractivity contribution in [2.75, 3.05) is 0 Å². The number of aryl methyl sites for hydroxylation is 2. The Hall–Kier alpha value is -3.94. The lowest BCUT2D eigenvalue weighted by molar-refractivity contribution is 0.420. The van der Waals surface area contributed by atoms with E-state index >= 15 is 0 Å². The number of hydrogen-bond donors (Lipinski definition) is 1. The van der Waals surface area contributed by atoms with Crippen LogP contribution in [0.1, 0.15) is 74.6 Å². The molecule has 0 spiro atoms. The van der Waals surface area contributed by atoms with E-state index in [1.54, 1.807) is 0 Å². The Morgan fingerprint density at radius 2 is 1.57 bits per heavy atom. The van der Waals surface area contributed by atoms with Crippen LogP contribution in [0.15, 0.2) is 48.5 Å². The third-order valence-corrected chi connectivity index (χ3v) is 7.59. The van der Waals surface area contributed by atoms with Crippen LogP contribution in [-0.4, -0.2) is 40.4 Å². The van der Waals surface area contributed by atoms with E-state index in [0.29, 0.717) is 11.7 Å². The molecule has 0 bridgehead atoms. The summed E-state index contributed by atoms with van der Waals surface area (Å²) in [7, 11) is 0. The SMILES string of the molecule is CCc1nnc(CC)c2c1nc(C1CCCCC1)n2Cc1ccc(-c2ccccc2-c2nn[nH]n2)cc1. The monoisotopic (exact) mass is 492 g/mol. The van der Waals surface area contributed by atoms with Crippen molar-refractivity contribution in [3.05, 3.63) is 71.3 Å². The van der Waals surface area contributed by atoms with Crippen LogP contribution in [0.2, 0.25) is 0 Å². The first kappa shape index (κ1) is 23.5. The summed E-state index contributed by atoms with van der Waals surface area (Å²) in [6, 6.07) is 17.0. The molecule has 3 heterocycles. The van der Waals surface area contributed by atoms with Gasteiger partial charge in [0.2, 0.25) is 5.82 Å². The Labute approximate surface area is 216 Å². The topological polar surface area (TPSA) is 98.1 Å². The molecule has 0 unspecified atom stereocenters. The predicted molar refractivity (Wildman–Crippen MR) is 144 cm³/mol. The number of nitrogens with one attached hydrogen (secondary N) is 1. The Bertz CT molecular complexity index is 1500. The molecule has 0 radical (unpaired) electrons. The zero-order valence-electron chi connectivity index (χ0n) is 21.5. The summed E-state index contributed by atoms with van der Waals surface area (Å²) < 4.78 is 2.44. The molecule has 8 nitrogen and oxygen atoms in total. The number of rotatable bonds is 7. The van der Waals surface area contributed by atoms with Crippen molar-refractivity contribution in [1.29, 1.82) is 0 Å². The van der Waals surface area contributed by atoms with Gasteiger partial charge >= 0.3 is 0 Å². The number of H-pyrrole nitrogens is 1. The molecule has 1 fully saturated rings. The number of imidazole rings is 1. The van der Waals surface area contributed by atoms with Gasteiger partial charge in [-0.1, -0.05) is 81.6 Å². The summed E-state index contributed by atoms with van der Waals surface area (Å²) in [5.74, 6) is 2.30. The molecule has 1 saturated carbocycles. The van der Waals surface area contributed by atoms with Crippen LogP contribution in [0.5, 0.6) is 0 Å². The lowest BCUT2D eigenvalue weighted by Gasteiger charge is -2.22. The quantitative estimate of drug-likeness (QED) is 0.304. The van der Waals surface area contributed by atoms with Crippen molar-refractivity contribution in [1.82, 2.24) is 40.4 Å². The van der Waals surface area contributed by atoms with Gasteiger partial charge in [0.25, 0.3) is 0 Å². The lowest BCUT2D eigenvalue weighted by Crippen LogP contribution is -2.13. The van der Waals surface area contributed by atoms with E-state index in [2.05, 4.69) is 79.6 Å². The van der Waals surface area contributed by atoms with Gasteiger partial charge in [-0.15, -0.1) is 10.2 Å². The highest BCUT2D eigenvalue weighted by Crippen LogP contribution is 2.36. The van der Waals surface area contributed by atoms with Crippen LogP contribution in [-0.2, 0) is 19.4 Å². The molecule has 188 valence electrons. The van der Waals surface area contributed by atoms with Crippen molar-refractivity contribution in [2.24, 2.45) is 0 Å². The van der Waals surface area contributed by atoms with E-state index in [9.17, 15) is 0 Å². The fourth-order valence-electron chi connectivity index (χ4n) is 5.67. The summed E-state index contributed by atoms with van der Waals surface area (Å²) in [6.07, 6.45) is 7.98. The first-order chi connectivity index (χ1) is 18.3. The molecule has 2 aromatic carbocycles. The molecule has 1 N–H and O–H groups in total. The molecular formula is C29H32N8. The number of aromatic amines is 1. The molecular weight excluding hydrogens is 460 g/mol. The molecule has 0 saturated heterocycles. The Morgan fingerprint density at radius 1 is 0.838 bits per heavy atom. The average molecular weight is 493 g/mol. The summed E-state index contributed by atoms with van der Waals surface area (Å²) in [5.41, 5.74) is 8.66. The number of fused-ring (bicyclic) bond motifs is 1. The minimum Gasteiger partial charge on any atom is -0.322 e. The maximum Gasteiger partial charge on any atom is 0.205 e. The van der Waals surface area contributed by atoms with E-state index < -0.39 is 0 Å².